The second kappa shape index (κ2) is 10.2. The fraction of sp³-hybridized carbons (Fsp3) is 0.391. The van der Waals surface area contributed by atoms with Crippen molar-refractivity contribution in [2.45, 2.75) is 18.4 Å². The topological polar surface area (TPSA) is 99.3 Å². The smallest absolute Gasteiger partial charge is 0.317 e. The predicted octanol–water partition coefficient (Wildman–Crippen LogP) is 1.92. The van der Waals surface area contributed by atoms with Gasteiger partial charge in [0.15, 0.2) is 0 Å². The minimum Gasteiger partial charge on any atom is -0.496 e. The van der Waals surface area contributed by atoms with Crippen LogP contribution in [0.3, 0.4) is 0 Å². The lowest BCUT2D eigenvalue weighted by Gasteiger charge is -2.35. The van der Waals surface area contributed by atoms with Gasteiger partial charge >= 0.3 is 6.03 Å². The van der Waals surface area contributed by atoms with E-state index in [0.717, 1.165) is 9.87 Å². The minimum atomic E-state index is -3.62. The molecular weight excluding hydrogens is 444 g/mol. The first-order valence-corrected chi connectivity index (χ1v) is 12.1. The Balaban J connectivity index is 1.58. The number of benzene rings is 2. The zero-order valence-electron chi connectivity index (χ0n) is 19.4. The molecule has 0 atom stereocenters. The number of piperazine rings is 1. The van der Waals surface area contributed by atoms with Crippen LogP contribution in [0, 0.1) is 6.92 Å². The van der Waals surface area contributed by atoms with Gasteiger partial charge in [-0.2, -0.15) is 0 Å². The maximum atomic E-state index is 12.8. The van der Waals surface area contributed by atoms with Crippen LogP contribution in [0.15, 0.2) is 47.4 Å². The van der Waals surface area contributed by atoms with Crippen molar-refractivity contribution in [3.63, 3.8) is 0 Å². The number of hydrogen-bond donors (Lipinski definition) is 1. The number of amides is 3. The molecule has 178 valence electrons. The normalized spacial score (nSPS) is 14.3. The van der Waals surface area contributed by atoms with Gasteiger partial charge in [-0.15, -0.1) is 0 Å². The molecule has 1 fully saturated rings. The highest BCUT2D eigenvalue weighted by atomic mass is 32.2. The third-order valence-corrected chi connectivity index (χ3v) is 7.59. The van der Waals surface area contributed by atoms with E-state index in [1.54, 1.807) is 47.2 Å². The van der Waals surface area contributed by atoms with Crippen molar-refractivity contribution in [3.05, 3.63) is 59.2 Å². The Bertz CT molecular complexity index is 1130. The Morgan fingerprint density at radius 2 is 1.67 bits per heavy atom. The number of nitrogens with zero attached hydrogens (tertiary/aromatic N) is 3. The van der Waals surface area contributed by atoms with Crippen molar-refractivity contribution in [1.82, 2.24) is 19.4 Å². The van der Waals surface area contributed by atoms with Crippen LogP contribution in [0.2, 0.25) is 0 Å². The van der Waals surface area contributed by atoms with Gasteiger partial charge in [0.25, 0.3) is 5.91 Å². The van der Waals surface area contributed by atoms with Crippen LogP contribution in [0.25, 0.3) is 0 Å². The molecule has 2 aromatic rings. The zero-order valence-corrected chi connectivity index (χ0v) is 20.2. The molecule has 9 nitrogen and oxygen atoms in total. The maximum Gasteiger partial charge on any atom is 0.317 e. The minimum absolute atomic E-state index is 0.0877. The maximum absolute atomic E-state index is 12.8. The van der Waals surface area contributed by atoms with Gasteiger partial charge in [-0.1, -0.05) is 24.3 Å². The van der Waals surface area contributed by atoms with E-state index < -0.39 is 10.0 Å². The number of urea groups is 1. The molecule has 3 rings (SSSR count). The molecule has 1 saturated heterocycles. The first-order valence-electron chi connectivity index (χ1n) is 10.6. The number of rotatable bonds is 6. The summed E-state index contributed by atoms with van der Waals surface area (Å²) in [5.41, 5.74) is 2.02. The van der Waals surface area contributed by atoms with Gasteiger partial charge in [0.1, 0.15) is 5.75 Å². The summed E-state index contributed by atoms with van der Waals surface area (Å²) in [6.07, 6.45) is 0. The fourth-order valence-electron chi connectivity index (χ4n) is 3.63. The Morgan fingerprint density at radius 1 is 1.03 bits per heavy atom. The Kier molecular flexibility index (Phi) is 7.60. The van der Waals surface area contributed by atoms with Crippen molar-refractivity contribution < 1.29 is 22.7 Å². The summed E-state index contributed by atoms with van der Waals surface area (Å²) in [7, 11) is 0.897. The standard InChI is InChI=1S/C23H30N4O5S/c1-17-9-10-18(15-20(17)32-4)22(28)26-11-13-27(14-12-26)23(29)24-16-19-7-5-6-8-21(19)33(30,31)25(2)3/h5-10,15H,11-14,16H2,1-4H3,(H,24,29). The summed E-state index contributed by atoms with van der Waals surface area (Å²) in [6.45, 7) is 3.60. The molecule has 0 bridgehead atoms. The van der Waals surface area contributed by atoms with Crippen LogP contribution < -0.4 is 10.1 Å². The van der Waals surface area contributed by atoms with Gasteiger partial charge < -0.3 is 19.9 Å². The van der Waals surface area contributed by atoms with Crippen molar-refractivity contribution in [3.8, 4) is 5.75 Å². The van der Waals surface area contributed by atoms with E-state index >= 15 is 0 Å². The van der Waals surface area contributed by atoms with Crippen molar-refractivity contribution in [2.24, 2.45) is 0 Å². The summed E-state index contributed by atoms with van der Waals surface area (Å²) in [5.74, 6) is 0.562. The Hall–Kier alpha value is -3.11. The lowest BCUT2D eigenvalue weighted by molar-refractivity contribution is 0.0664. The van der Waals surface area contributed by atoms with E-state index in [2.05, 4.69) is 5.32 Å². The molecule has 1 aliphatic heterocycles. The molecule has 0 unspecified atom stereocenters. The molecule has 0 spiro atoms. The van der Waals surface area contributed by atoms with E-state index in [1.807, 2.05) is 13.0 Å². The average Bonchev–Trinajstić information content (AvgIpc) is 2.82. The van der Waals surface area contributed by atoms with Crippen LogP contribution in [0.1, 0.15) is 21.5 Å². The number of nitrogens with one attached hydrogen (secondary N) is 1. The van der Waals surface area contributed by atoms with Gasteiger partial charge in [-0.25, -0.2) is 17.5 Å². The molecular formula is C23H30N4O5S. The van der Waals surface area contributed by atoms with Crippen molar-refractivity contribution in [2.75, 3.05) is 47.4 Å². The summed E-state index contributed by atoms with van der Waals surface area (Å²) in [4.78, 5) is 29.0. The highest BCUT2D eigenvalue weighted by Gasteiger charge is 2.26. The first kappa shape index (κ1) is 24.5. The molecule has 1 N–H and O–H groups in total. The largest absolute Gasteiger partial charge is 0.496 e. The predicted molar refractivity (Wildman–Crippen MR) is 125 cm³/mol. The van der Waals surface area contributed by atoms with Crippen molar-refractivity contribution in [1.29, 1.82) is 0 Å². The second-order valence-corrected chi connectivity index (χ2v) is 10.1. The zero-order chi connectivity index (χ0) is 24.2. The van der Waals surface area contributed by atoms with Gasteiger partial charge in [-0.3, -0.25) is 4.79 Å². The summed E-state index contributed by atoms with van der Waals surface area (Å²) < 4.78 is 31.5. The van der Waals surface area contributed by atoms with Crippen LogP contribution in [-0.2, 0) is 16.6 Å². The lowest BCUT2D eigenvalue weighted by Crippen LogP contribution is -2.53. The second-order valence-electron chi connectivity index (χ2n) is 8.02. The highest BCUT2D eigenvalue weighted by Crippen LogP contribution is 2.21. The van der Waals surface area contributed by atoms with E-state index in [0.29, 0.717) is 43.1 Å². The third kappa shape index (κ3) is 5.45. The van der Waals surface area contributed by atoms with E-state index in [4.69, 9.17) is 4.74 Å². The van der Waals surface area contributed by atoms with E-state index in [1.165, 1.54) is 20.2 Å². The van der Waals surface area contributed by atoms with Crippen LogP contribution in [0.4, 0.5) is 4.79 Å². The molecule has 1 heterocycles. The highest BCUT2D eigenvalue weighted by molar-refractivity contribution is 7.89. The average molecular weight is 475 g/mol. The monoisotopic (exact) mass is 474 g/mol. The molecule has 0 radical (unpaired) electrons. The molecule has 0 aliphatic carbocycles. The molecule has 2 aromatic carbocycles. The van der Waals surface area contributed by atoms with E-state index in [-0.39, 0.29) is 23.4 Å². The molecule has 3 amide bonds. The number of ether oxygens (including phenoxy) is 1. The van der Waals surface area contributed by atoms with Gasteiger partial charge in [0.2, 0.25) is 10.0 Å². The fourth-order valence-corrected chi connectivity index (χ4v) is 4.74. The summed E-state index contributed by atoms with van der Waals surface area (Å²) in [6, 6.07) is 11.7. The summed E-state index contributed by atoms with van der Waals surface area (Å²) >= 11 is 0. The molecule has 0 saturated carbocycles. The number of hydrogen-bond acceptors (Lipinski definition) is 5. The van der Waals surface area contributed by atoms with Crippen LogP contribution >= 0.6 is 0 Å². The molecule has 33 heavy (non-hydrogen) atoms. The molecule has 10 heteroatoms. The number of aryl methyl sites for hydroxylation is 1. The molecule has 0 aromatic heterocycles. The van der Waals surface area contributed by atoms with Gasteiger partial charge in [-0.05, 0) is 36.2 Å². The van der Waals surface area contributed by atoms with Crippen LogP contribution in [-0.4, -0.2) is 81.8 Å². The number of methoxy groups -OCH3 is 1. The quantitative estimate of drug-likeness (QED) is 0.690. The third-order valence-electron chi connectivity index (χ3n) is 5.67. The number of carbonyl (C=O) groups excluding carboxylic acids is 2. The Morgan fingerprint density at radius 3 is 2.30 bits per heavy atom. The first-order chi connectivity index (χ1) is 15.6. The number of carbonyl (C=O) groups is 2. The number of sulfonamides is 1. The van der Waals surface area contributed by atoms with E-state index in [9.17, 15) is 18.0 Å². The van der Waals surface area contributed by atoms with Crippen LogP contribution in [0.5, 0.6) is 5.75 Å². The lowest BCUT2D eigenvalue weighted by atomic mass is 10.1. The SMILES string of the molecule is COc1cc(C(=O)N2CCN(C(=O)NCc3ccccc3S(=O)(=O)N(C)C)CC2)ccc1C. The van der Waals surface area contributed by atoms with Gasteiger partial charge in [0, 0.05) is 52.4 Å². The summed E-state index contributed by atoms with van der Waals surface area (Å²) in [5, 5.41) is 2.80. The van der Waals surface area contributed by atoms with Crippen molar-refractivity contribution >= 4 is 22.0 Å². The molecule has 1 aliphatic rings. The van der Waals surface area contributed by atoms with Gasteiger partial charge in [0.05, 0.1) is 12.0 Å². The Labute approximate surface area is 195 Å².